The van der Waals surface area contributed by atoms with Crippen LogP contribution in [0.2, 0.25) is 0 Å². The van der Waals surface area contributed by atoms with Crippen molar-refractivity contribution in [2.75, 3.05) is 0 Å². The first-order valence-electron chi connectivity index (χ1n) is 3.04. The van der Waals surface area contributed by atoms with Crippen molar-refractivity contribution >= 4 is 11.9 Å². The molecule has 1 heterocycles. The molecule has 78 valence electrons. The molecule has 0 saturated heterocycles. The van der Waals surface area contributed by atoms with E-state index in [4.69, 9.17) is 10.2 Å². The largest absolute Gasteiger partial charge is 0.478 e. The van der Waals surface area contributed by atoms with Crippen LogP contribution >= 0.6 is 0 Å². The molecule has 0 aliphatic carbocycles. The van der Waals surface area contributed by atoms with Crippen molar-refractivity contribution in [3.05, 3.63) is 29.6 Å². The van der Waals surface area contributed by atoms with Gasteiger partial charge in [-0.25, -0.2) is 14.6 Å². The Balaban J connectivity index is 0. The molecule has 0 atom stereocenters. The minimum absolute atomic E-state index is 0. The highest BCUT2D eigenvalue weighted by Gasteiger charge is 2.06. The summed E-state index contributed by atoms with van der Waals surface area (Å²) in [5, 5.41) is 16.8. The number of carboxylic acids is 2. The quantitative estimate of drug-likeness (QED) is 0.748. The Morgan fingerprint density at radius 2 is 1.64 bits per heavy atom. The van der Waals surface area contributed by atoms with Gasteiger partial charge in [0.1, 0.15) is 5.69 Å². The van der Waals surface area contributed by atoms with Crippen molar-refractivity contribution in [1.29, 1.82) is 0 Å². The van der Waals surface area contributed by atoms with Gasteiger partial charge in [-0.1, -0.05) is 0 Å². The summed E-state index contributed by atoms with van der Waals surface area (Å²) in [6, 6.07) is 2.34. The minimum atomic E-state index is -1.17. The van der Waals surface area contributed by atoms with Crippen LogP contribution in [0.5, 0.6) is 0 Å². The lowest BCUT2D eigenvalue weighted by Gasteiger charge is -1.93. The second-order valence-corrected chi connectivity index (χ2v) is 2.04. The van der Waals surface area contributed by atoms with Crippen LogP contribution in [-0.2, 0) is 0 Å². The summed E-state index contributed by atoms with van der Waals surface area (Å²) < 4.78 is 0. The average Bonchev–Trinajstić information content (AvgIpc) is 2.04. The minimum Gasteiger partial charge on any atom is -0.478 e. The molecular formula is C7H7F2NO4. The first-order valence-corrected chi connectivity index (χ1v) is 3.04. The van der Waals surface area contributed by atoms with Gasteiger partial charge in [-0.05, 0) is 12.1 Å². The van der Waals surface area contributed by atoms with E-state index in [2.05, 4.69) is 4.98 Å². The third-order valence-corrected chi connectivity index (χ3v) is 1.23. The van der Waals surface area contributed by atoms with Gasteiger partial charge in [-0.15, -0.1) is 0 Å². The average molecular weight is 207 g/mol. The van der Waals surface area contributed by atoms with Crippen molar-refractivity contribution in [3.63, 3.8) is 0 Å². The van der Waals surface area contributed by atoms with Crippen LogP contribution < -0.4 is 0 Å². The number of hydrogen-bond donors (Lipinski definition) is 2. The van der Waals surface area contributed by atoms with Gasteiger partial charge in [-0.3, -0.25) is 9.41 Å². The second kappa shape index (κ2) is 5.57. The van der Waals surface area contributed by atoms with Crippen LogP contribution in [0, 0.1) is 0 Å². The number of halogens is 2. The topological polar surface area (TPSA) is 87.5 Å². The molecule has 0 saturated carbocycles. The van der Waals surface area contributed by atoms with Crippen LogP contribution in [0.3, 0.4) is 0 Å². The summed E-state index contributed by atoms with van der Waals surface area (Å²) in [6.45, 7) is 0. The molecule has 14 heavy (non-hydrogen) atoms. The Bertz CT molecular complexity index is 292. The lowest BCUT2D eigenvalue weighted by Crippen LogP contribution is -2.02. The van der Waals surface area contributed by atoms with E-state index in [1.54, 1.807) is 0 Å². The number of carboxylic acid groups (broad SMARTS) is 2. The highest BCUT2D eigenvalue weighted by Crippen LogP contribution is 1.99. The molecule has 0 spiro atoms. The monoisotopic (exact) mass is 207 g/mol. The molecule has 0 bridgehead atoms. The maximum Gasteiger partial charge on any atom is 0.354 e. The normalized spacial score (nSPS) is 8.00. The lowest BCUT2D eigenvalue weighted by molar-refractivity contribution is 0.0676. The standard InChI is InChI=1S/C7H5NO4.2FH/c9-6(10)4-1-2-5(7(11)12)8-3-4;;/h1-3H,(H,9,10)(H,11,12);2*1H. The fraction of sp³-hybridized carbons (Fsp3) is 0. The van der Waals surface area contributed by atoms with Gasteiger partial charge in [0.15, 0.2) is 0 Å². The molecule has 0 aliphatic rings. The van der Waals surface area contributed by atoms with Gasteiger partial charge in [-0.2, -0.15) is 0 Å². The zero-order chi connectivity index (χ0) is 9.14. The summed E-state index contributed by atoms with van der Waals surface area (Å²) in [5.41, 5.74) is -0.194. The van der Waals surface area contributed by atoms with Gasteiger partial charge in [0, 0.05) is 6.20 Å². The smallest absolute Gasteiger partial charge is 0.354 e. The third kappa shape index (κ3) is 3.13. The molecule has 0 fully saturated rings. The lowest BCUT2D eigenvalue weighted by atomic mass is 10.2. The summed E-state index contributed by atoms with van der Waals surface area (Å²) in [4.78, 5) is 24.0. The predicted molar refractivity (Wildman–Crippen MR) is 43.2 cm³/mol. The highest BCUT2D eigenvalue weighted by molar-refractivity contribution is 5.89. The molecule has 1 aromatic heterocycles. The van der Waals surface area contributed by atoms with Gasteiger partial charge >= 0.3 is 11.9 Å². The third-order valence-electron chi connectivity index (χ3n) is 1.23. The molecule has 1 aromatic rings. The number of rotatable bonds is 2. The Labute approximate surface area is 76.7 Å². The summed E-state index contributed by atoms with van der Waals surface area (Å²) in [5.74, 6) is -2.30. The van der Waals surface area contributed by atoms with Crippen molar-refractivity contribution in [2.24, 2.45) is 0 Å². The fourth-order valence-electron chi connectivity index (χ4n) is 0.647. The van der Waals surface area contributed by atoms with E-state index in [9.17, 15) is 9.59 Å². The molecule has 0 aliphatic heterocycles. The van der Waals surface area contributed by atoms with E-state index in [-0.39, 0.29) is 20.7 Å². The summed E-state index contributed by atoms with van der Waals surface area (Å²) in [7, 11) is 0. The van der Waals surface area contributed by atoms with Crippen LogP contribution in [0.4, 0.5) is 9.41 Å². The van der Waals surface area contributed by atoms with E-state index in [0.29, 0.717) is 0 Å². The number of hydrogen-bond acceptors (Lipinski definition) is 3. The second-order valence-electron chi connectivity index (χ2n) is 2.04. The Hall–Kier alpha value is -2.05. The molecule has 7 heteroatoms. The molecule has 0 aromatic carbocycles. The number of pyridine rings is 1. The Kier molecular flexibility index (Phi) is 5.76. The molecule has 2 N–H and O–H groups in total. The maximum atomic E-state index is 10.3. The van der Waals surface area contributed by atoms with E-state index in [0.717, 1.165) is 12.3 Å². The molecule has 0 amide bonds. The Morgan fingerprint density at radius 3 is 1.93 bits per heavy atom. The van der Waals surface area contributed by atoms with E-state index in [1.165, 1.54) is 6.07 Å². The van der Waals surface area contributed by atoms with Crippen molar-refractivity contribution in [1.82, 2.24) is 4.98 Å². The number of carbonyl (C=O) groups is 2. The molecular weight excluding hydrogens is 200 g/mol. The first kappa shape index (κ1) is 14.5. The summed E-state index contributed by atoms with van der Waals surface area (Å²) >= 11 is 0. The van der Waals surface area contributed by atoms with Crippen LogP contribution in [0.25, 0.3) is 0 Å². The van der Waals surface area contributed by atoms with E-state index < -0.39 is 11.9 Å². The maximum absolute atomic E-state index is 10.3. The molecule has 0 unspecified atom stereocenters. The van der Waals surface area contributed by atoms with Crippen molar-refractivity contribution in [2.45, 2.75) is 0 Å². The predicted octanol–water partition coefficient (Wildman–Crippen LogP) is 0.783. The molecule has 5 nitrogen and oxygen atoms in total. The fourth-order valence-corrected chi connectivity index (χ4v) is 0.647. The van der Waals surface area contributed by atoms with Gasteiger partial charge in [0.2, 0.25) is 0 Å². The van der Waals surface area contributed by atoms with E-state index in [1.807, 2.05) is 0 Å². The zero-order valence-corrected chi connectivity index (χ0v) is 6.71. The van der Waals surface area contributed by atoms with E-state index >= 15 is 0 Å². The Morgan fingerprint density at radius 1 is 1.07 bits per heavy atom. The van der Waals surface area contributed by atoms with Crippen LogP contribution in [0.15, 0.2) is 18.3 Å². The van der Waals surface area contributed by atoms with Crippen LogP contribution in [0.1, 0.15) is 20.8 Å². The highest BCUT2D eigenvalue weighted by atomic mass is 19.0. The van der Waals surface area contributed by atoms with Gasteiger partial charge in [0.25, 0.3) is 0 Å². The molecule has 0 radical (unpaired) electrons. The first-order chi connectivity index (χ1) is 5.61. The SMILES string of the molecule is F.F.O=C(O)c1ccc(C(=O)O)nc1. The van der Waals surface area contributed by atoms with Crippen LogP contribution in [-0.4, -0.2) is 27.1 Å². The number of aromatic nitrogens is 1. The zero-order valence-electron chi connectivity index (χ0n) is 6.71. The van der Waals surface area contributed by atoms with Crippen molar-refractivity contribution in [3.8, 4) is 0 Å². The number of aromatic carboxylic acids is 2. The van der Waals surface area contributed by atoms with Crippen molar-refractivity contribution < 1.29 is 29.2 Å². The number of nitrogens with zero attached hydrogens (tertiary/aromatic N) is 1. The molecule has 1 rings (SSSR count). The summed E-state index contributed by atoms with van der Waals surface area (Å²) in [6.07, 6.45) is 1.01. The van der Waals surface area contributed by atoms with Gasteiger partial charge in [0.05, 0.1) is 5.56 Å². The van der Waals surface area contributed by atoms with Gasteiger partial charge < -0.3 is 10.2 Å².